The van der Waals surface area contributed by atoms with Gasteiger partial charge in [-0.2, -0.15) is 0 Å². The van der Waals surface area contributed by atoms with E-state index in [9.17, 15) is 9.59 Å². The normalized spacial score (nSPS) is 14.8. The van der Waals surface area contributed by atoms with Gasteiger partial charge in [-0.3, -0.25) is 14.7 Å². The third-order valence-electron chi connectivity index (χ3n) is 4.62. The van der Waals surface area contributed by atoms with Gasteiger partial charge in [-0.15, -0.1) is 0 Å². The lowest BCUT2D eigenvalue weighted by atomic mass is 10.1. The number of aliphatic carboxylic acids is 1. The van der Waals surface area contributed by atoms with Gasteiger partial charge in [0.25, 0.3) is 0 Å². The predicted octanol–water partition coefficient (Wildman–Crippen LogP) is 1.86. The quantitative estimate of drug-likeness (QED) is 0.746. The Bertz CT molecular complexity index is 802. The summed E-state index contributed by atoms with van der Waals surface area (Å²) in [6.07, 6.45) is 3.58. The van der Waals surface area contributed by atoms with E-state index < -0.39 is 12.6 Å². The first-order valence-corrected chi connectivity index (χ1v) is 8.88. The largest absolute Gasteiger partial charge is 0.482 e. The molecule has 0 bridgehead atoms. The van der Waals surface area contributed by atoms with Gasteiger partial charge in [-0.1, -0.05) is 0 Å². The van der Waals surface area contributed by atoms with E-state index >= 15 is 0 Å². The first-order chi connectivity index (χ1) is 13.0. The summed E-state index contributed by atoms with van der Waals surface area (Å²) in [5.74, 6) is -0.486. The summed E-state index contributed by atoms with van der Waals surface area (Å²) in [6, 6.07) is 9.11. The summed E-state index contributed by atoms with van der Waals surface area (Å²) in [4.78, 5) is 31.7. The number of carbonyl (C=O) groups excluding carboxylic acids is 1. The zero-order chi connectivity index (χ0) is 19.2. The van der Waals surface area contributed by atoms with Crippen LogP contribution in [0.1, 0.15) is 15.9 Å². The zero-order valence-corrected chi connectivity index (χ0v) is 15.3. The van der Waals surface area contributed by atoms with Gasteiger partial charge in [0.1, 0.15) is 5.75 Å². The standard InChI is InChI=1S/C20H23N3O4/c1-15-12-16(2-3-19(15)27-14-20(25)26)18(24)13-22-8-10-23(11-9-22)17-4-6-21-7-5-17/h2-7,12H,8-11,13-14H2,1H3,(H,25,26). The second-order valence-corrected chi connectivity index (χ2v) is 6.55. The van der Waals surface area contributed by atoms with E-state index in [0.717, 1.165) is 37.4 Å². The third kappa shape index (κ3) is 5.04. The fraction of sp³-hybridized carbons (Fsp3) is 0.350. The van der Waals surface area contributed by atoms with E-state index in [1.165, 1.54) is 0 Å². The first-order valence-electron chi connectivity index (χ1n) is 8.88. The Morgan fingerprint density at radius 2 is 1.81 bits per heavy atom. The number of benzene rings is 1. The highest BCUT2D eigenvalue weighted by atomic mass is 16.5. The molecule has 1 saturated heterocycles. The monoisotopic (exact) mass is 369 g/mol. The van der Waals surface area contributed by atoms with Crippen LogP contribution in [-0.4, -0.2) is 66.1 Å². The lowest BCUT2D eigenvalue weighted by Gasteiger charge is -2.35. The number of carboxylic acid groups (broad SMARTS) is 1. The highest BCUT2D eigenvalue weighted by Gasteiger charge is 2.20. The Labute approximate surface area is 158 Å². The van der Waals surface area contributed by atoms with Crippen molar-refractivity contribution in [1.82, 2.24) is 9.88 Å². The Morgan fingerprint density at radius 3 is 2.44 bits per heavy atom. The maximum atomic E-state index is 12.6. The van der Waals surface area contributed by atoms with E-state index in [0.29, 0.717) is 17.9 Å². The number of rotatable bonds is 7. The van der Waals surface area contributed by atoms with Crippen molar-refractivity contribution in [3.8, 4) is 5.75 Å². The molecule has 2 aromatic rings. The third-order valence-corrected chi connectivity index (χ3v) is 4.62. The average molecular weight is 369 g/mol. The molecule has 0 spiro atoms. The number of aryl methyl sites for hydroxylation is 1. The van der Waals surface area contributed by atoms with E-state index in [1.54, 1.807) is 37.5 Å². The van der Waals surface area contributed by atoms with Crippen LogP contribution in [0.3, 0.4) is 0 Å². The summed E-state index contributed by atoms with van der Waals surface area (Å²) in [6.45, 7) is 5.19. The second kappa shape index (κ2) is 8.64. The molecule has 7 nitrogen and oxygen atoms in total. The predicted molar refractivity (Wildman–Crippen MR) is 102 cm³/mol. The molecule has 0 saturated carbocycles. The fourth-order valence-electron chi connectivity index (χ4n) is 3.14. The number of piperazine rings is 1. The summed E-state index contributed by atoms with van der Waals surface area (Å²) < 4.78 is 5.21. The highest BCUT2D eigenvalue weighted by molar-refractivity contribution is 5.98. The summed E-state index contributed by atoms with van der Waals surface area (Å²) in [5.41, 5.74) is 2.53. The van der Waals surface area contributed by atoms with Crippen molar-refractivity contribution >= 4 is 17.4 Å². The van der Waals surface area contributed by atoms with Crippen molar-refractivity contribution in [3.05, 3.63) is 53.9 Å². The molecule has 0 unspecified atom stereocenters. The SMILES string of the molecule is Cc1cc(C(=O)CN2CCN(c3ccncc3)CC2)ccc1OCC(=O)O. The van der Waals surface area contributed by atoms with Gasteiger partial charge in [0, 0.05) is 49.8 Å². The van der Waals surface area contributed by atoms with Gasteiger partial charge in [-0.25, -0.2) is 4.79 Å². The van der Waals surface area contributed by atoms with Crippen LogP contribution in [0.4, 0.5) is 5.69 Å². The maximum Gasteiger partial charge on any atom is 0.341 e. The summed E-state index contributed by atoms with van der Waals surface area (Å²) in [5, 5.41) is 8.69. The van der Waals surface area contributed by atoms with Crippen LogP contribution in [0.15, 0.2) is 42.7 Å². The zero-order valence-electron chi connectivity index (χ0n) is 15.3. The molecule has 142 valence electrons. The molecule has 7 heteroatoms. The van der Waals surface area contributed by atoms with Crippen molar-refractivity contribution in [1.29, 1.82) is 0 Å². The average Bonchev–Trinajstić information content (AvgIpc) is 2.68. The molecule has 1 aliphatic heterocycles. The van der Waals surface area contributed by atoms with Crippen molar-refractivity contribution < 1.29 is 19.4 Å². The molecule has 27 heavy (non-hydrogen) atoms. The van der Waals surface area contributed by atoms with Gasteiger partial charge in [-0.05, 0) is 42.8 Å². The topological polar surface area (TPSA) is 83.0 Å². The van der Waals surface area contributed by atoms with Crippen LogP contribution in [0.5, 0.6) is 5.75 Å². The molecule has 1 N–H and O–H groups in total. The Hall–Kier alpha value is -2.93. The molecule has 0 amide bonds. The van der Waals surface area contributed by atoms with Crippen LogP contribution < -0.4 is 9.64 Å². The number of anilines is 1. The van der Waals surface area contributed by atoms with Crippen LogP contribution in [0, 0.1) is 6.92 Å². The molecule has 3 rings (SSSR count). The number of hydrogen-bond donors (Lipinski definition) is 1. The number of hydrogen-bond acceptors (Lipinski definition) is 6. The molecule has 0 aliphatic carbocycles. The Morgan fingerprint density at radius 1 is 1.11 bits per heavy atom. The van der Waals surface area contributed by atoms with Gasteiger partial charge in [0.05, 0.1) is 6.54 Å². The summed E-state index contributed by atoms with van der Waals surface area (Å²) in [7, 11) is 0. The van der Waals surface area contributed by atoms with Gasteiger partial charge in [0.15, 0.2) is 12.4 Å². The Kier molecular flexibility index (Phi) is 6.03. The number of Topliss-reactive ketones (excluding diaryl/α,β-unsaturated/α-hetero) is 1. The van der Waals surface area contributed by atoms with Crippen LogP contribution >= 0.6 is 0 Å². The number of ether oxygens (including phenoxy) is 1. The number of carboxylic acids is 1. The van der Waals surface area contributed by atoms with Crippen molar-refractivity contribution in [3.63, 3.8) is 0 Å². The molecule has 1 aliphatic rings. The number of ketones is 1. The molecular formula is C20H23N3O4. The Balaban J connectivity index is 1.53. The van der Waals surface area contributed by atoms with Gasteiger partial charge >= 0.3 is 5.97 Å². The molecule has 0 radical (unpaired) electrons. The van der Waals surface area contributed by atoms with E-state index in [1.807, 2.05) is 12.1 Å². The van der Waals surface area contributed by atoms with Gasteiger partial charge in [0.2, 0.25) is 0 Å². The van der Waals surface area contributed by atoms with E-state index in [4.69, 9.17) is 9.84 Å². The van der Waals surface area contributed by atoms with Gasteiger partial charge < -0.3 is 14.7 Å². The molecule has 1 aromatic heterocycles. The molecule has 1 fully saturated rings. The van der Waals surface area contributed by atoms with Crippen LogP contribution in [0.25, 0.3) is 0 Å². The second-order valence-electron chi connectivity index (χ2n) is 6.55. The minimum absolute atomic E-state index is 0.0558. The number of pyridine rings is 1. The molecule has 1 aromatic carbocycles. The molecular weight excluding hydrogens is 346 g/mol. The van der Waals surface area contributed by atoms with Crippen molar-refractivity contribution in [2.45, 2.75) is 6.92 Å². The summed E-state index contributed by atoms with van der Waals surface area (Å²) >= 11 is 0. The van der Waals surface area contributed by atoms with Crippen molar-refractivity contribution in [2.75, 3.05) is 44.2 Å². The number of nitrogens with zero attached hydrogens (tertiary/aromatic N) is 3. The minimum atomic E-state index is -1.03. The number of aromatic nitrogens is 1. The fourth-order valence-corrected chi connectivity index (χ4v) is 3.14. The highest BCUT2D eigenvalue weighted by Crippen LogP contribution is 2.20. The maximum absolute atomic E-state index is 12.6. The van der Waals surface area contributed by atoms with Crippen LogP contribution in [-0.2, 0) is 4.79 Å². The smallest absolute Gasteiger partial charge is 0.341 e. The lowest BCUT2D eigenvalue weighted by molar-refractivity contribution is -0.139. The van der Waals surface area contributed by atoms with E-state index in [2.05, 4.69) is 14.8 Å². The lowest BCUT2D eigenvalue weighted by Crippen LogP contribution is -2.48. The van der Waals surface area contributed by atoms with Crippen LogP contribution in [0.2, 0.25) is 0 Å². The first kappa shape index (κ1) is 18.8. The molecule has 0 atom stereocenters. The van der Waals surface area contributed by atoms with E-state index in [-0.39, 0.29) is 5.78 Å². The molecule has 2 heterocycles. The number of carbonyl (C=O) groups is 2. The minimum Gasteiger partial charge on any atom is -0.482 e. The van der Waals surface area contributed by atoms with Crippen molar-refractivity contribution in [2.24, 2.45) is 0 Å².